The normalized spacial score (nSPS) is 11.8. The number of rotatable bonds is 11. The number of nitrogens with one attached hydrogen (secondary N) is 1. The van der Waals surface area contributed by atoms with Crippen LogP contribution in [0, 0.1) is 0 Å². The zero-order valence-corrected chi connectivity index (χ0v) is 17.2. The summed E-state index contributed by atoms with van der Waals surface area (Å²) in [4.78, 5) is 10.6. The zero-order chi connectivity index (χ0) is 21.1. The number of carbonyl (C=O) groups is 1. The molecule has 3 N–H and O–H groups in total. The topological polar surface area (TPSA) is 95.2 Å². The Morgan fingerprint density at radius 2 is 1.86 bits per heavy atom. The number of hydrogen-bond acceptors (Lipinski definition) is 5. The Hall–Kier alpha value is -3.22. The van der Waals surface area contributed by atoms with E-state index in [9.17, 15) is 4.79 Å². The summed E-state index contributed by atoms with van der Waals surface area (Å²) in [5, 5.41) is 3.72. The second kappa shape index (κ2) is 11.6. The van der Waals surface area contributed by atoms with Crippen molar-refractivity contribution in [2.45, 2.75) is 32.6 Å². The van der Waals surface area contributed by atoms with E-state index in [2.05, 4.69) is 30.4 Å². The van der Waals surface area contributed by atoms with Gasteiger partial charge in [-0.2, -0.15) is 5.10 Å². The van der Waals surface area contributed by atoms with E-state index in [0.29, 0.717) is 30.6 Å². The van der Waals surface area contributed by atoms with Crippen molar-refractivity contribution in [1.82, 2.24) is 5.43 Å². The van der Waals surface area contributed by atoms with Gasteiger partial charge in [-0.15, -0.1) is 0 Å². The van der Waals surface area contributed by atoms with E-state index in [1.807, 2.05) is 24.3 Å². The summed E-state index contributed by atoms with van der Waals surface area (Å²) in [6, 6.07) is 12.8. The molecule has 2 aromatic rings. The van der Waals surface area contributed by atoms with Crippen molar-refractivity contribution in [2.24, 2.45) is 10.8 Å². The second-order valence-electron chi connectivity index (χ2n) is 6.54. The highest BCUT2D eigenvalue weighted by Gasteiger charge is 2.09. The van der Waals surface area contributed by atoms with Gasteiger partial charge >= 0.3 is 6.03 Å². The van der Waals surface area contributed by atoms with Gasteiger partial charge in [0.1, 0.15) is 5.75 Å². The molecule has 2 rings (SSSR count). The average molecular weight is 399 g/mol. The van der Waals surface area contributed by atoms with Gasteiger partial charge in [0.25, 0.3) is 0 Å². The Balaban J connectivity index is 1.85. The van der Waals surface area contributed by atoms with Crippen LogP contribution in [0.1, 0.15) is 43.7 Å². The molecule has 29 heavy (non-hydrogen) atoms. The van der Waals surface area contributed by atoms with E-state index >= 15 is 0 Å². The molecule has 0 aliphatic heterocycles. The predicted octanol–water partition coefficient (Wildman–Crippen LogP) is 4.06. The molecule has 0 saturated heterocycles. The summed E-state index contributed by atoms with van der Waals surface area (Å²) in [5.74, 6) is 2.61. The first-order valence-electron chi connectivity index (χ1n) is 9.66. The van der Waals surface area contributed by atoms with Gasteiger partial charge in [-0.25, -0.2) is 10.2 Å². The van der Waals surface area contributed by atoms with Gasteiger partial charge in [-0.1, -0.05) is 32.0 Å². The third-order valence-corrected chi connectivity index (χ3v) is 4.44. The third-order valence-electron chi connectivity index (χ3n) is 4.44. The van der Waals surface area contributed by atoms with Crippen LogP contribution in [0.15, 0.2) is 47.6 Å². The minimum atomic E-state index is -0.720. The van der Waals surface area contributed by atoms with Crippen molar-refractivity contribution in [3.05, 3.63) is 53.6 Å². The Bertz CT molecular complexity index is 823. The van der Waals surface area contributed by atoms with Crippen molar-refractivity contribution in [3.8, 4) is 17.2 Å². The molecule has 0 unspecified atom stereocenters. The Morgan fingerprint density at radius 3 is 2.55 bits per heavy atom. The molecular weight excluding hydrogens is 370 g/mol. The fraction of sp³-hybridized carbons (Fsp3) is 0.364. The molecule has 156 valence electrons. The molecule has 0 aliphatic carbocycles. The fourth-order valence-electron chi connectivity index (χ4n) is 2.72. The lowest BCUT2D eigenvalue weighted by Gasteiger charge is -2.16. The molecule has 7 nitrogen and oxygen atoms in total. The van der Waals surface area contributed by atoms with Gasteiger partial charge in [0.2, 0.25) is 0 Å². The van der Waals surface area contributed by atoms with E-state index in [0.717, 1.165) is 24.2 Å². The highest BCUT2D eigenvalue weighted by atomic mass is 16.5. The summed E-state index contributed by atoms with van der Waals surface area (Å²) in [6.07, 6.45) is 3.28. The van der Waals surface area contributed by atoms with Gasteiger partial charge in [-0.3, -0.25) is 0 Å². The second-order valence-corrected chi connectivity index (χ2v) is 6.54. The maximum absolute atomic E-state index is 10.6. The number of para-hydroxylation sites is 1. The maximum atomic E-state index is 10.6. The average Bonchev–Trinajstić information content (AvgIpc) is 2.73. The molecule has 2 aromatic carbocycles. The quantitative estimate of drug-likeness (QED) is 0.338. The summed E-state index contributed by atoms with van der Waals surface area (Å²) in [6.45, 7) is 5.45. The van der Waals surface area contributed by atoms with E-state index in [4.69, 9.17) is 19.9 Å². The first-order chi connectivity index (χ1) is 14.0. The van der Waals surface area contributed by atoms with E-state index < -0.39 is 6.03 Å². The third kappa shape index (κ3) is 7.03. The van der Waals surface area contributed by atoms with Gasteiger partial charge in [0.15, 0.2) is 11.5 Å². The molecule has 0 saturated carbocycles. The SMILES string of the molecule is CC[C@H](C)c1ccccc1OCCCOc1ccc(/C=N\NC(N)=O)cc1OC. The van der Waals surface area contributed by atoms with Crippen LogP contribution in [-0.2, 0) is 0 Å². The first-order valence-corrected chi connectivity index (χ1v) is 9.66. The van der Waals surface area contributed by atoms with Crippen LogP contribution < -0.4 is 25.4 Å². The summed E-state index contributed by atoms with van der Waals surface area (Å²) >= 11 is 0. The molecule has 0 radical (unpaired) electrons. The van der Waals surface area contributed by atoms with Crippen molar-refractivity contribution in [1.29, 1.82) is 0 Å². The van der Waals surface area contributed by atoms with Crippen LogP contribution in [0.4, 0.5) is 4.79 Å². The van der Waals surface area contributed by atoms with Gasteiger partial charge in [0, 0.05) is 6.42 Å². The van der Waals surface area contributed by atoms with Gasteiger partial charge in [0.05, 0.1) is 26.5 Å². The lowest BCUT2D eigenvalue weighted by Crippen LogP contribution is -2.24. The number of amides is 2. The number of nitrogens with zero attached hydrogens (tertiary/aromatic N) is 1. The van der Waals surface area contributed by atoms with Crippen LogP contribution in [0.2, 0.25) is 0 Å². The minimum absolute atomic E-state index is 0.465. The Morgan fingerprint density at radius 1 is 1.14 bits per heavy atom. The van der Waals surface area contributed by atoms with E-state index in [1.165, 1.54) is 11.8 Å². The Kier molecular flexibility index (Phi) is 8.82. The van der Waals surface area contributed by atoms with Crippen LogP contribution in [0.25, 0.3) is 0 Å². The number of carbonyl (C=O) groups excluding carboxylic acids is 1. The monoisotopic (exact) mass is 399 g/mol. The van der Waals surface area contributed by atoms with E-state index in [-0.39, 0.29) is 0 Å². The lowest BCUT2D eigenvalue weighted by atomic mass is 9.98. The molecule has 7 heteroatoms. The molecule has 2 amide bonds. The van der Waals surface area contributed by atoms with E-state index in [1.54, 1.807) is 19.2 Å². The molecule has 0 heterocycles. The van der Waals surface area contributed by atoms with Crippen LogP contribution in [0.5, 0.6) is 17.2 Å². The lowest BCUT2D eigenvalue weighted by molar-refractivity contribution is 0.239. The van der Waals surface area contributed by atoms with Crippen molar-refractivity contribution in [2.75, 3.05) is 20.3 Å². The molecule has 0 spiro atoms. The van der Waals surface area contributed by atoms with Crippen LogP contribution >= 0.6 is 0 Å². The largest absolute Gasteiger partial charge is 0.493 e. The number of hydrazone groups is 1. The smallest absolute Gasteiger partial charge is 0.332 e. The van der Waals surface area contributed by atoms with Crippen molar-refractivity contribution < 1.29 is 19.0 Å². The molecule has 1 atom stereocenters. The number of urea groups is 1. The molecule has 0 fully saturated rings. The molecule has 0 aliphatic rings. The summed E-state index contributed by atoms with van der Waals surface area (Å²) in [5.41, 5.74) is 9.09. The highest BCUT2D eigenvalue weighted by molar-refractivity contribution is 5.82. The predicted molar refractivity (Wildman–Crippen MR) is 114 cm³/mol. The van der Waals surface area contributed by atoms with Crippen molar-refractivity contribution in [3.63, 3.8) is 0 Å². The zero-order valence-electron chi connectivity index (χ0n) is 17.2. The standard InChI is InChI=1S/C22H29N3O4/c1-4-16(2)18-8-5-6-9-19(18)28-12-7-13-29-20-11-10-17(14-21(20)27-3)15-24-25-22(23)26/h5-6,8-11,14-16H,4,7,12-13H2,1-3H3,(H3,23,25,26)/b24-15-/t16-/m0/s1. The molecule has 0 aromatic heterocycles. The molecule has 0 bridgehead atoms. The first kappa shape index (κ1) is 22.1. The molecular formula is C22H29N3O4. The van der Waals surface area contributed by atoms with Crippen LogP contribution in [0.3, 0.4) is 0 Å². The number of benzene rings is 2. The van der Waals surface area contributed by atoms with Gasteiger partial charge < -0.3 is 19.9 Å². The summed E-state index contributed by atoms with van der Waals surface area (Å²) in [7, 11) is 1.57. The highest BCUT2D eigenvalue weighted by Crippen LogP contribution is 2.29. The number of ether oxygens (including phenoxy) is 3. The Labute approximate surface area is 171 Å². The number of hydrogen-bond donors (Lipinski definition) is 2. The fourth-order valence-corrected chi connectivity index (χ4v) is 2.72. The van der Waals surface area contributed by atoms with Crippen molar-refractivity contribution >= 4 is 12.2 Å². The van der Waals surface area contributed by atoms with Crippen LogP contribution in [-0.4, -0.2) is 32.6 Å². The van der Waals surface area contributed by atoms with Gasteiger partial charge in [-0.05, 0) is 47.7 Å². The maximum Gasteiger partial charge on any atom is 0.332 e. The summed E-state index contributed by atoms with van der Waals surface area (Å²) < 4.78 is 17.2. The number of nitrogens with two attached hydrogens (primary N) is 1. The number of methoxy groups -OCH3 is 1. The minimum Gasteiger partial charge on any atom is -0.493 e. The number of primary amides is 1.